The molecule has 0 aromatic heterocycles. The molecule has 2 rings (SSSR count). The van der Waals surface area contributed by atoms with Gasteiger partial charge in [-0.1, -0.05) is 24.3 Å². The first-order chi connectivity index (χ1) is 12.2. The lowest BCUT2D eigenvalue weighted by Gasteiger charge is -2.09. The first-order valence-electron chi connectivity index (χ1n) is 8.10. The molecule has 6 nitrogen and oxygen atoms in total. The van der Waals surface area contributed by atoms with Gasteiger partial charge in [-0.25, -0.2) is 0 Å². The summed E-state index contributed by atoms with van der Waals surface area (Å²) >= 11 is 0. The number of amides is 1. The van der Waals surface area contributed by atoms with Crippen molar-refractivity contribution >= 4 is 22.4 Å². The van der Waals surface area contributed by atoms with E-state index < -0.39 is 5.91 Å². The Kier molecular flexibility index (Phi) is 6.81. The lowest BCUT2D eigenvalue weighted by Crippen LogP contribution is -2.18. The number of nitrogens with zero attached hydrogens (tertiary/aromatic N) is 1. The molecule has 0 spiro atoms. The average Bonchev–Trinajstić information content (AvgIpc) is 2.62. The summed E-state index contributed by atoms with van der Waals surface area (Å²) in [4.78, 5) is 12.3. The van der Waals surface area contributed by atoms with Crippen LogP contribution in [0.5, 0.6) is 5.75 Å². The van der Waals surface area contributed by atoms with E-state index in [0.29, 0.717) is 36.2 Å². The predicted molar refractivity (Wildman–Crippen MR) is 97.1 cm³/mol. The van der Waals surface area contributed by atoms with Crippen molar-refractivity contribution in [2.75, 3.05) is 25.1 Å². The van der Waals surface area contributed by atoms with Crippen molar-refractivity contribution < 1.29 is 14.6 Å². The number of ether oxygens (including phenoxy) is 1. The molecule has 0 bridgehead atoms. The van der Waals surface area contributed by atoms with Gasteiger partial charge in [-0.2, -0.15) is 5.26 Å². The van der Waals surface area contributed by atoms with E-state index >= 15 is 0 Å². The lowest BCUT2D eigenvalue weighted by molar-refractivity contribution is -0.112. The second-order valence-corrected chi connectivity index (χ2v) is 5.31. The van der Waals surface area contributed by atoms with Crippen molar-refractivity contribution in [1.29, 1.82) is 5.26 Å². The van der Waals surface area contributed by atoms with E-state index in [1.165, 1.54) is 6.20 Å². The van der Waals surface area contributed by atoms with E-state index in [0.717, 1.165) is 6.42 Å². The molecule has 130 valence electrons. The summed E-state index contributed by atoms with van der Waals surface area (Å²) in [6, 6.07) is 12.2. The molecule has 0 aliphatic carbocycles. The minimum Gasteiger partial charge on any atom is -0.507 e. The van der Waals surface area contributed by atoms with E-state index in [2.05, 4.69) is 10.6 Å². The fourth-order valence-electron chi connectivity index (χ4n) is 2.34. The van der Waals surface area contributed by atoms with Crippen molar-refractivity contribution in [3.8, 4) is 11.8 Å². The highest BCUT2D eigenvalue weighted by atomic mass is 16.5. The molecule has 0 heterocycles. The van der Waals surface area contributed by atoms with Gasteiger partial charge in [-0.3, -0.25) is 4.79 Å². The number of nitrogens with one attached hydrogen (secondary N) is 2. The molecular weight excluding hydrogens is 318 g/mol. The van der Waals surface area contributed by atoms with Crippen LogP contribution < -0.4 is 10.6 Å². The predicted octanol–water partition coefficient (Wildman–Crippen LogP) is 2.91. The third-order valence-electron chi connectivity index (χ3n) is 3.57. The number of hydrogen-bond acceptors (Lipinski definition) is 5. The Morgan fingerprint density at radius 2 is 2.04 bits per heavy atom. The summed E-state index contributed by atoms with van der Waals surface area (Å²) in [5.41, 5.74) is 0.518. The first kappa shape index (κ1) is 18.3. The molecule has 25 heavy (non-hydrogen) atoms. The number of phenolic OH excluding ortho intramolecular Hbond substituents is 1. The molecule has 3 N–H and O–H groups in total. The molecule has 6 heteroatoms. The number of fused-ring (bicyclic) bond motifs is 1. The van der Waals surface area contributed by atoms with Crippen LogP contribution in [0.25, 0.3) is 10.8 Å². The Balaban J connectivity index is 2.05. The summed E-state index contributed by atoms with van der Waals surface area (Å²) in [6.07, 6.45) is 2.19. The van der Waals surface area contributed by atoms with Crippen LogP contribution in [-0.2, 0) is 9.53 Å². The monoisotopic (exact) mass is 339 g/mol. The summed E-state index contributed by atoms with van der Waals surface area (Å²) in [6.45, 7) is 3.84. The molecule has 0 atom stereocenters. The van der Waals surface area contributed by atoms with Crippen LogP contribution in [0.15, 0.2) is 48.2 Å². The minimum atomic E-state index is -0.504. The Labute approximate surface area is 146 Å². The number of hydrogen-bond donors (Lipinski definition) is 3. The van der Waals surface area contributed by atoms with E-state index in [-0.39, 0.29) is 11.3 Å². The SMILES string of the molecule is CCOCCCN/C=C(/C#N)C(=O)Nc1cccc2c(O)cccc12. The highest BCUT2D eigenvalue weighted by molar-refractivity contribution is 6.11. The van der Waals surface area contributed by atoms with Crippen LogP contribution >= 0.6 is 0 Å². The molecule has 2 aromatic rings. The Morgan fingerprint density at radius 3 is 2.80 bits per heavy atom. The van der Waals surface area contributed by atoms with Crippen molar-refractivity contribution in [2.45, 2.75) is 13.3 Å². The molecule has 0 saturated heterocycles. The van der Waals surface area contributed by atoms with Gasteiger partial charge in [0.2, 0.25) is 0 Å². The standard InChI is InChI=1S/C19H21N3O3/c1-2-25-11-5-10-21-13-14(12-20)19(24)22-17-8-3-7-16-15(17)6-4-9-18(16)23/h3-4,6-9,13,21,23H,2,5,10-11H2,1H3,(H,22,24)/b14-13-. The Bertz CT molecular complexity index is 809. The van der Waals surface area contributed by atoms with Crippen LogP contribution in [0.1, 0.15) is 13.3 Å². The van der Waals surface area contributed by atoms with Gasteiger partial charge in [-0.15, -0.1) is 0 Å². The van der Waals surface area contributed by atoms with Crippen molar-refractivity contribution in [3.63, 3.8) is 0 Å². The second-order valence-electron chi connectivity index (χ2n) is 5.31. The Morgan fingerprint density at radius 1 is 1.28 bits per heavy atom. The molecule has 0 aliphatic rings. The van der Waals surface area contributed by atoms with Gasteiger partial charge >= 0.3 is 0 Å². The molecule has 0 aliphatic heterocycles. The third kappa shape index (κ3) is 4.96. The molecule has 0 saturated carbocycles. The maximum Gasteiger partial charge on any atom is 0.267 e. The van der Waals surface area contributed by atoms with Gasteiger partial charge in [0.25, 0.3) is 5.91 Å². The highest BCUT2D eigenvalue weighted by Crippen LogP contribution is 2.29. The van der Waals surface area contributed by atoms with Crippen molar-refractivity contribution in [1.82, 2.24) is 5.32 Å². The number of nitriles is 1. The summed E-state index contributed by atoms with van der Waals surface area (Å²) in [5.74, 6) is -0.365. The van der Waals surface area contributed by atoms with Crippen LogP contribution in [0.4, 0.5) is 5.69 Å². The number of aromatic hydroxyl groups is 1. The van der Waals surface area contributed by atoms with Gasteiger partial charge in [0.1, 0.15) is 17.4 Å². The van der Waals surface area contributed by atoms with Gasteiger partial charge < -0.3 is 20.5 Å². The average molecular weight is 339 g/mol. The first-order valence-corrected chi connectivity index (χ1v) is 8.10. The smallest absolute Gasteiger partial charge is 0.267 e. The Hall–Kier alpha value is -3.04. The molecule has 0 fully saturated rings. The zero-order valence-corrected chi connectivity index (χ0v) is 14.1. The van der Waals surface area contributed by atoms with E-state index in [9.17, 15) is 15.2 Å². The maximum atomic E-state index is 12.3. The fourth-order valence-corrected chi connectivity index (χ4v) is 2.34. The van der Waals surface area contributed by atoms with Crippen LogP contribution in [0.2, 0.25) is 0 Å². The molecule has 1 amide bonds. The second kappa shape index (κ2) is 9.30. The zero-order chi connectivity index (χ0) is 18.1. The molecule has 0 radical (unpaired) electrons. The number of benzene rings is 2. The van der Waals surface area contributed by atoms with Crippen molar-refractivity contribution in [3.05, 3.63) is 48.2 Å². The largest absolute Gasteiger partial charge is 0.507 e. The maximum absolute atomic E-state index is 12.3. The van der Waals surface area contributed by atoms with Crippen LogP contribution in [0, 0.1) is 11.3 Å². The number of carbonyl (C=O) groups is 1. The quantitative estimate of drug-likeness (QED) is 0.390. The summed E-state index contributed by atoms with van der Waals surface area (Å²) < 4.78 is 5.22. The van der Waals surface area contributed by atoms with Gasteiger partial charge in [0.15, 0.2) is 0 Å². The summed E-state index contributed by atoms with van der Waals surface area (Å²) in [5, 5.41) is 26.1. The molecule has 2 aromatic carbocycles. The van der Waals surface area contributed by atoms with Gasteiger partial charge in [-0.05, 0) is 25.5 Å². The number of anilines is 1. The minimum absolute atomic E-state index is 0.0198. The van der Waals surface area contributed by atoms with Crippen molar-refractivity contribution in [2.24, 2.45) is 0 Å². The molecule has 0 unspecified atom stereocenters. The highest BCUT2D eigenvalue weighted by Gasteiger charge is 2.11. The topological polar surface area (TPSA) is 94.4 Å². The molecular formula is C19H21N3O3. The number of rotatable bonds is 8. The summed E-state index contributed by atoms with van der Waals surface area (Å²) in [7, 11) is 0. The number of phenols is 1. The third-order valence-corrected chi connectivity index (χ3v) is 3.57. The van der Waals surface area contributed by atoms with E-state index in [4.69, 9.17) is 4.74 Å². The zero-order valence-electron chi connectivity index (χ0n) is 14.1. The number of carbonyl (C=O) groups excluding carboxylic acids is 1. The fraction of sp³-hybridized carbons (Fsp3) is 0.263. The van der Waals surface area contributed by atoms with Crippen LogP contribution in [0.3, 0.4) is 0 Å². The van der Waals surface area contributed by atoms with Crippen LogP contribution in [-0.4, -0.2) is 30.8 Å². The lowest BCUT2D eigenvalue weighted by atomic mass is 10.1. The van der Waals surface area contributed by atoms with E-state index in [1.54, 1.807) is 36.4 Å². The normalized spacial score (nSPS) is 11.1. The van der Waals surface area contributed by atoms with E-state index in [1.807, 2.05) is 13.0 Å². The van der Waals surface area contributed by atoms with Gasteiger partial charge in [0.05, 0.1) is 0 Å². The van der Waals surface area contributed by atoms with Gasteiger partial charge in [0, 0.05) is 42.4 Å².